The fraction of sp³-hybridized carbons (Fsp3) is 0.409. The summed E-state index contributed by atoms with van der Waals surface area (Å²) in [5.74, 6) is 1.86. The number of benzene rings is 2. The molecule has 0 aliphatic rings. The molecule has 0 aromatic heterocycles. The Morgan fingerprint density at radius 1 is 1.08 bits per heavy atom. The molecule has 140 valence electrons. The van der Waals surface area contributed by atoms with Crippen LogP contribution in [-0.4, -0.2) is 25.7 Å². The first-order valence-electron chi connectivity index (χ1n) is 9.08. The topological polar surface area (TPSA) is 47.6 Å². The van der Waals surface area contributed by atoms with Crippen LogP contribution >= 0.6 is 0 Å². The van der Waals surface area contributed by atoms with E-state index in [0.717, 1.165) is 34.6 Å². The van der Waals surface area contributed by atoms with Gasteiger partial charge in [-0.15, -0.1) is 0 Å². The van der Waals surface area contributed by atoms with Crippen LogP contribution in [0.4, 0.5) is 0 Å². The number of carbonyl (C=O) groups is 1. The fourth-order valence-electron chi connectivity index (χ4n) is 2.73. The van der Waals surface area contributed by atoms with Crippen molar-refractivity contribution in [1.29, 1.82) is 0 Å². The predicted molar refractivity (Wildman–Crippen MR) is 105 cm³/mol. The van der Waals surface area contributed by atoms with Gasteiger partial charge in [-0.2, -0.15) is 0 Å². The zero-order valence-corrected chi connectivity index (χ0v) is 16.3. The number of ether oxygens (including phenoxy) is 2. The number of nitrogens with one attached hydrogen (secondary N) is 1. The molecule has 0 spiro atoms. The molecule has 2 rings (SSSR count). The lowest BCUT2D eigenvalue weighted by atomic mass is 10.0. The van der Waals surface area contributed by atoms with Crippen LogP contribution in [-0.2, 0) is 11.2 Å². The summed E-state index contributed by atoms with van der Waals surface area (Å²) in [7, 11) is 1.65. The highest BCUT2D eigenvalue weighted by molar-refractivity contribution is 5.80. The van der Waals surface area contributed by atoms with Gasteiger partial charge in [-0.05, 0) is 61.1 Å². The van der Waals surface area contributed by atoms with Crippen LogP contribution in [0, 0.1) is 6.92 Å². The van der Waals surface area contributed by atoms with E-state index in [1.807, 2.05) is 37.3 Å². The van der Waals surface area contributed by atoms with Crippen LogP contribution in [0.15, 0.2) is 42.5 Å². The molecule has 0 radical (unpaired) electrons. The van der Waals surface area contributed by atoms with Crippen molar-refractivity contribution in [1.82, 2.24) is 5.32 Å². The van der Waals surface area contributed by atoms with Crippen molar-refractivity contribution in [3.8, 4) is 11.5 Å². The average Bonchev–Trinajstić information content (AvgIpc) is 2.62. The third-order valence-corrected chi connectivity index (χ3v) is 4.34. The summed E-state index contributed by atoms with van der Waals surface area (Å²) in [5, 5.41) is 2.95. The van der Waals surface area contributed by atoms with Crippen LogP contribution < -0.4 is 14.8 Å². The lowest BCUT2D eigenvalue weighted by molar-refractivity contribution is -0.127. The summed E-state index contributed by atoms with van der Waals surface area (Å²) >= 11 is 0. The standard InChI is InChI=1S/C22H29NO3/c1-15(2)20-11-6-16(3)14-21(20)26-17(4)22(24)23-13-12-18-7-9-19(25-5)10-8-18/h6-11,14-15,17H,12-13H2,1-5H3,(H,23,24)/t17-/m1/s1. The van der Waals surface area contributed by atoms with E-state index in [0.29, 0.717) is 12.5 Å². The van der Waals surface area contributed by atoms with E-state index in [4.69, 9.17) is 9.47 Å². The monoisotopic (exact) mass is 355 g/mol. The minimum Gasteiger partial charge on any atom is -0.497 e. The van der Waals surface area contributed by atoms with E-state index in [9.17, 15) is 4.79 Å². The first-order chi connectivity index (χ1) is 12.4. The minimum absolute atomic E-state index is 0.102. The lowest BCUT2D eigenvalue weighted by Gasteiger charge is -2.19. The number of aryl methyl sites for hydroxylation is 1. The molecule has 0 saturated carbocycles. The van der Waals surface area contributed by atoms with Gasteiger partial charge >= 0.3 is 0 Å². The van der Waals surface area contributed by atoms with Crippen molar-refractivity contribution in [2.45, 2.75) is 46.1 Å². The second kappa shape index (κ2) is 9.27. The quantitative estimate of drug-likeness (QED) is 0.770. The Kier molecular flexibility index (Phi) is 7.07. The third kappa shape index (κ3) is 5.51. The molecule has 0 bridgehead atoms. The Morgan fingerprint density at radius 3 is 2.38 bits per heavy atom. The molecular weight excluding hydrogens is 326 g/mol. The maximum absolute atomic E-state index is 12.3. The third-order valence-electron chi connectivity index (χ3n) is 4.34. The number of hydrogen-bond donors (Lipinski definition) is 1. The van der Waals surface area contributed by atoms with Gasteiger partial charge in [0.2, 0.25) is 0 Å². The maximum atomic E-state index is 12.3. The number of methoxy groups -OCH3 is 1. The van der Waals surface area contributed by atoms with Crippen molar-refractivity contribution >= 4 is 5.91 Å². The van der Waals surface area contributed by atoms with Gasteiger partial charge in [0.25, 0.3) is 5.91 Å². The predicted octanol–water partition coefficient (Wildman–Crippen LogP) is 4.25. The Labute approximate surface area is 156 Å². The van der Waals surface area contributed by atoms with Gasteiger partial charge in [0, 0.05) is 6.54 Å². The molecule has 0 fully saturated rings. The highest BCUT2D eigenvalue weighted by atomic mass is 16.5. The van der Waals surface area contributed by atoms with Crippen molar-refractivity contribution in [2.24, 2.45) is 0 Å². The van der Waals surface area contributed by atoms with E-state index >= 15 is 0 Å². The van der Waals surface area contributed by atoms with Crippen molar-refractivity contribution in [3.63, 3.8) is 0 Å². The first-order valence-corrected chi connectivity index (χ1v) is 9.08. The van der Waals surface area contributed by atoms with Crippen LogP contribution in [0.1, 0.15) is 43.4 Å². The van der Waals surface area contributed by atoms with Gasteiger partial charge in [0.05, 0.1) is 7.11 Å². The molecule has 0 aliphatic heterocycles. The van der Waals surface area contributed by atoms with Crippen LogP contribution in [0.5, 0.6) is 11.5 Å². The summed E-state index contributed by atoms with van der Waals surface area (Å²) in [6.07, 6.45) is 0.231. The lowest BCUT2D eigenvalue weighted by Crippen LogP contribution is -2.37. The highest BCUT2D eigenvalue weighted by Gasteiger charge is 2.17. The van der Waals surface area contributed by atoms with Crippen LogP contribution in [0.3, 0.4) is 0 Å². The number of carbonyl (C=O) groups excluding carboxylic acids is 1. The fourth-order valence-corrected chi connectivity index (χ4v) is 2.73. The number of amides is 1. The van der Waals surface area contributed by atoms with Gasteiger partial charge < -0.3 is 14.8 Å². The summed E-state index contributed by atoms with van der Waals surface area (Å²) in [4.78, 5) is 12.3. The number of hydrogen-bond acceptors (Lipinski definition) is 3. The molecule has 1 N–H and O–H groups in total. The SMILES string of the molecule is COc1ccc(CCNC(=O)[C@@H](C)Oc2cc(C)ccc2C(C)C)cc1. The second-order valence-electron chi connectivity index (χ2n) is 6.85. The first kappa shape index (κ1) is 19.8. The Hall–Kier alpha value is -2.49. The van der Waals surface area contributed by atoms with E-state index < -0.39 is 6.10 Å². The number of rotatable bonds is 8. The van der Waals surface area contributed by atoms with Gasteiger partial charge in [0.15, 0.2) is 6.10 Å². The van der Waals surface area contributed by atoms with Crippen molar-refractivity contribution < 1.29 is 14.3 Å². The molecule has 0 heterocycles. The van der Waals surface area contributed by atoms with E-state index in [1.165, 1.54) is 0 Å². The molecule has 0 saturated heterocycles. The molecule has 2 aromatic rings. The highest BCUT2D eigenvalue weighted by Crippen LogP contribution is 2.28. The Balaban J connectivity index is 1.88. The molecule has 1 amide bonds. The average molecular weight is 355 g/mol. The maximum Gasteiger partial charge on any atom is 0.260 e. The van der Waals surface area contributed by atoms with E-state index in [1.54, 1.807) is 14.0 Å². The Morgan fingerprint density at radius 2 is 1.77 bits per heavy atom. The van der Waals surface area contributed by atoms with Crippen LogP contribution in [0.25, 0.3) is 0 Å². The molecular formula is C22H29NO3. The van der Waals surface area contributed by atoms with E-state index in [2.05, 4.69) is 31.3 Å². The molecule has 4 nitrogen and oxygen atoms in total. The van der Waals surface area contributed by atoms with Crippen molar-refractivity contribution in [2.75, 3.05) is 13.7 Å². The minimum atomic E-state index is -0.537. The summed E-state index contributed by atoms with van der Waals surface area (Å²) in [6, 6.07) is 14.0. The smallest absolute Gasteiger partial charge is 0.260 e. The molecule has 1 atom stereocenters. The van der Waals surface area contributed by atoms with Crippen molar-refractivity contribution in [3.05, 3.63) is 59.2 Å². The van der Waals surface area contributed by atoms with Crippen LogP contribution in [0.2, 0.25) is 0 Å². The van der Waals surface area contributed by atoms with Gasteiger partial charge in [-0.3, -0.25) is 4.79 Å². The summed E-state index contributed by atoms with van der Waals surface area (Å²) in [6.45, 7) is 8.63. The zero-order valence-electron chi connectivity index (χ0n) is 16.3. The summed E-state index contributed by atoms with van der Waals surface area (Å²) < 4.78 is 11.1. The Bertz CT molecular complexity index is 723. The normalized spacial score (nSPS) is 11.9. The largest absolute Gasteiger partial charge is 0.497 e. The second-order valence-corrected chi connectivity index (χ2v) is 6.85. The summed E-state index contributed by atoms with van der Waals surface area (Å²) in [5.41, 5.74) is 3.39. The van der Waals surface area contributed by atoms with Gasteiger partial charge in [0.1, 0.15) is 11.5 Å². The molecule has 0 unspecified atom stereocenters. The van der Waals surface area contributed by atoms with E-state index in [-0.39, 0.29) is 5.91 Å². The van der Waals surface area contributed by atoms with Gasteiger partial charge in [-0.25, -0.2) is 0 Å². The molecule has 0 aliphatic carbocycles. The molecule has 2 aromatic carbocycles. The zero-order chi connectivity index (χ0) is 19.1. The molecule has 26 heavy (non-hydrogen) atoms. The molecule has 4 heteroatoms. The van der Waals surface area contributed by atoms with Gasteiger partial charge in [-0.1, -0.05) is 38.1 Å².